The van der Waals surface area contributed by atoms with Crippen LogP contribution in [-0.2, 0) is 0 Å². The maximum atomic E-state index is 9.64. The van der Waals surface area contributed by atoms with Gasteiger partial charge in [0.1, 0.15) is 0 Å². The van der Waals surface area contributed by atoms with Crippen molar-refractivity contribution >= 4 is 0 Å². The quantitative estimate of drug-likeness (QED) is 0.764. The third-order valence-corrected chi connectivity index (χ3v) is 3.22. The summed E-state index contributed by atoms with van der Waals surface area (Å²) in [5, 5.41) is 17.0. The van der Waals surface area contributed by atoms with E-state index in [1.165, 1.54) is 0 Å². The molecule has 0 aliphatic heterocycles. The fraction of sp³-hybridized carbons (Fsp3) is 0.125. The van der Waals surface area contributed by atoms with Crippen molar-refractivity contribution in [1.29, 1.82) is 0 Å². The molecular formula is C16H15N3O. The number of H-pyrrole nitrogens is 1. The van der Waals surface area contributed by atoms with Crippen LogP contribution in [-0.4, -0.2) is 20.3 Å². The summed E-state index contributed by atoms with van der Waals surface area (Å²) in [5.41, 5.74) is 4.65. The molecule has 0 saturated heterocycles. The fourth-order valence-corrected chi connectivity index (χ4v) is 2.10. The van der Waals surface area contributed by atoms with Gasteiger partial charge in [-0.1, -0.05) is 18.2 Å². The summed E-state index contributed by atoms with van der Waals surface area (Å²) < 4.78 is 0. The van der Waals surface area contributed by atoms with Gasteiger partial charge in [-0.25, -0.2) is 0 Å². The highest BCUT2D eigenvalue weighted by molar-refractivity contribution is 5.68. The predicted molar refractivity (Wildman–Crippen MR) is 77.9 cm³/mol. The van der Waals surface area contributed by atoms with Gasteiger partial charge >= 0.3 is 0 Å². The van der Waals surface area contributed by atoms with E-state index in [0.717, 1.165) is 28.1 Å². The summed E-state index contributed by atoms with van der Waals surface area (Å²) in [7, 11) is 0. The molecule has 0 amide bonds. The summed E-state index contributed by atoms with van der Waals surface area (Å²) in [4.78, 5) is 4.09. The Labute approximate surface area is 117 Å². The van der Waals surface area contributed by atoms with Gasteiger partial charge in [0.2, 0.25) is 0 Å². The Morgan fingerprint density at radius 1 is 1.10 bits per heavy atom. The van der Waals surface area contributed by atoms with E-state index in [-0.39, 0.29) is 0 Å². The Morgan fingerprint density at radius 3 is 2.70 bits per heavy atom. The van der Waals surface area contributed by atoms with E-state index in [1.54, 1.807) is 19.3 Å². The van der Waals surface area contributed by atoms with Crippen LogP contribution in [0.3, 0.4) is 0 Å². The molecule has 4 nitrogen and oxygen atoms in total. The van der Waals surface area contributed by atoms with Crippen molar-refractivity contribution in [2.24, 2.45) is 0 Å². The summed E-state index contributed by atoms with van der Waals surface area (Å²) >= 11 is 0. The van der Waals surface area contributed by atoms with Crippen molar-refractivity contribution < 1.29 is 5.11 Å². The molecule has 0 saturated carbocycles. The minimum absolute atomic E-state index is 0.476. The van der Waals surface area contributed by atoms with Crippen molar-refractivity contribution in [3.05, 3.63) is 60.4 Å². The molecule has 0 fully saturated rings. The second-order valence-electron chi connectivity index (χ2n) is 4.71. The minimum Gasteiger partial charge on any atom is -0.389 e. The number of aromatic amines is 1. The van der Waals surface area contributed by atoms with Gasteiger partial charge in [-0.2, -0.15) is 5.10 Å². The Kier molecular flexibility index (Phi) is 3.31. The number of nitrogens with zero attached hydrogens (tertiary/aromatic N) is 2. The molecule has 3 rings (SSSR count). The maximum Gasteiger partial charge on any atom is 0.0942 e. The second kappa shape index (κ2) is 5.27. The Bertz CT molecular complexity index is 705. The third-order valence-electron chi connectivity index (χ3n) is 3.22. The van der Waals surface area contributed by atoms with Crippen LogP contribution in [0, 0.1) is 0 Å². The topological polar surface area (TPSA) is 61.8 Å². The first-order chi connectivity index (χ1) is 9.74. The lowest BCUT2D eigenvalue weighted by Gasteiger charge is -2.05. The number of aliphatic hydroxyl groups excluding tert-OH is 1. The van der Waals surface area contributed by atoms with E-state index >= 15 is 0 Å². The molecule has 0 bridgehead atoms. The van der Waals surface area contributed by atoms with Crippen LogP contribution in [0.2, 0.25) is 0 Å². The summed E-state index contributed by atoms with van der Waals surface area (Å²) in [5.74, 6) is 0. The number of pyridine rings is 1. The molecule has 1 unspecified atom stereocenters. The Balaban J connectivity index is 1.96. The minimum atomic E-state index is -0.476. The molecular weight excluding hydrogens is 250 g/mol. The molecule has 100 valence electrons. The zero-order valence-electron chi connectivity index (χ0n) is 11.1. The smallest absolute Gasteiger partial charge is 0.0942 e. The first-order valence-corrected chi connectivity index (χ1v) is 6.48. The lowest BCUT2D eigenvalue weighted by atomic mass is 10.0. The Morgan fingerprint density at radius 2 is 1.95 bits per heavy atom. The van der Waals surface area contributed by atoms with Crippen LogP contribution in [0.5, 0.6) is 0 Å². The average Bonchev–Trinajstić information content (AvgIpc) is 2.98. The Hall–Kier alpha value is -2.46. The predicted octanol–water partition coefficient (Wildman–Crippen LogP) is 3.19. The lowest BCUT2D eigenvalue weighted by Crippen LogP contribution is -1.90. The standard InChI is InChI=1S/C16H15N3O/c1-11(20)12-4-2-5-13(8-12)15-9-16(19-18-15)14-6-3-7-17-10-14/h2-11,20H,1H3,(H,18,19). The van der Waals surface area contributed by atoms with Gasteiger partial charge in [-0.3, -0.25) is 10.1 Å². The molecule has 2 N–H and O–H groups in total. The highest BCUT2D eigenvalue weighted by atomic mass is 16.3. The molecule has 3 aromatic rings. The van der Waals surface area contributed by atoms with Gasteiger partial charge in [0.25, 0.3) is 0 Å². The average molecular weight is 265 g/mol. The SMILES string of the molecule is CC(O)c1cccc(-c2cc(-c3cccnc3)n[nH]2)c1. The van der Waals surface area contributed by atoms with E-state index in [4.69, 9.17) is 0 Å². The van der Waals surface area contributed by atoms with Crippen LogP contribution in [0.1, 0.15) is 18.6 Å². The monoisotopic (exact) mass is 265 g/mol. The first-order valence-electron chi connectivity index (χ1n) is 6.48. The van der Waals surface area contributed by atoms with Crippen molar-refractivity contribution in [2.45, 2.75) is 13.0 Å². The van der Waals surface area contributed by atoms with E-state index < -0.39 is 6.10 Å². The number of hydrogen-bond acceptors (Lipinski definition) is 3. The summed E-state index contributed by atoms with van der Waals surface area (Å²) in [6.45, 7) is 1.76. The number of aliphatic hydroxyl groups is 1. The van der Waals surface area contributed by atoms with Crippen molar-refractivity contribution in [3.8, 4) is 22.5 Å². The van der Waals surface area contributed by atoms with Gasteiger partial charge in [-0.15, -0.1) is 0 Å². The van der Waals surface area contributed by atoms with Crippen LogP contribution >= 0.6 is 0 Å². The number of rotatable bonds is 3. The lowest BCUT2D eigenvalue weighted by molar-refractivity contribution is 0.199. The van der Waals surface area contributed by atoms with Crippen molar-refractivity contribution in [1.82, 2.24) is 15.2 Å². The molecule has 1 aromatic carbocycles. The normalized spacial score (nSPS) is 12.3. The number of hydrogen-bond donors (Lipinski definition) is 2. The molecule has 4 heteroatoms. The zero-order valence-corrected chi connectivity index (χ0v) is 11.1. The highest BCUT2D eigenvalue weighted by Gasteiger charge is 2.07. The molecule has 2 aromatic heterocycles. The van der Waals surface area contributed by atoms with Crippen LogP contribution in [0.15, 0.2) is 54.9 Å². The zero-order chi connectivity index (χ0) is 13.9. The maximum absolute atomic E-state index is 9.64. The molecule has 0 spiro atoms. The number of aromatic nitrogens is 3. The second-order valence-corrected chi connectivity index (χ2v) is 4.71. The molecule has 0 aliphatic carbocycles. The summed E-state index contributed by atoms with van der Waals surface area (Å²) in [6, 6.07) is 13.6. The first kappa shape index (κ1) is 12.6. The fourth-order valence-electron chi connectivity index (χ4n) is 2.10. The van der Waals surface area contributed by atoms with E-state index in [0.29, 0.717) is 0 Å². The van der Waals surface area contributed by atoms with Crippen LogP contribution < -0.4 is 0 Å². The highest BCUT2D eigenvalue weighted by Crippen LogP contribution is 2.25. The van der Waals surface area contributed by atoms with Gasteiger partial charge in [0.05, 0.1) is 17.5 Å². The third kappa shape index (κ3) is 2.46. The van der Waals surface area contributed by atoms with Gasteiger partial charge in [-0.05, 0) is 42.3 Å². The van der Waals surface area contributed by atoms with E-state index in [1.807, 2.05) is 42.5 Å². The molecule has 2 heterocycles. The molecule has 1 atom stereocenters. The number of benzene rings is 1. The van der Waals surface area contributed by atoms with Crippen LogP contribution in [0.25, 0.3) is 22.5 Å². The largest absolute Gasteiger partial charge is 0.389 e. The van der Waals surface area contributed by atoms with Crippen molar-refractivity contribution in [2.75, 3.05) is 0 Å². The van der Waals surface area contributed by atoms with Gasteiger partial charge in [0, 0.05) is 18.0 Å². The van der Waals surface area contributed by atoms with Gasteiger partial charge in [0.15, 0.2) is 0 Å². The molecule has 0 aliphatic rings. The van der Waals surface area contributed by atoms with E-state index in [2.05, 4.69) is 15.2 Å². The van der Waals surface area contributed by atoms with Crippen molar-refractivity contribution in [3.63, 3.8) is 0 Å². The molecule has 20 heavy (non-hydrogen) atoms. The van der Waals surface area contributed by atoms with E-state index in [9.17, 15) is 5.11 Å². The number of nitrogens with one attached hydrogen (secondary N) is 1. The molecule has 0 radical (unpaired) electrons. The van der Waals surface area contributed by atoms with Gasteiger partial charge < -0.3 is 5.11 Å². The summed E-state index contributed by atoms with van der Waals surface area (Å²) in [6.07, 6.45) is 3.05. The van der Waals surface area contributed by atoms with Crippen LogP contribution in [0.4, 0.5) is 0 Å².